The average molecular weight is 492 g/mol. The van der Waals surface area contributed by atoms with Crippen LogP contribution in [0.2, 0.25) is 0 Å². The quantitative estimate of drug-likeness (QED) is 0.506. The molecule has 1 aromatic rings. The zero-order valence-electron chi connectivity index (χ0n) is 22.2. The van der Waals surface area contributed by atoms with Gasteiger partial charge >= 0.3 is 0 Å². The van der Waals surface area contributed by atoms with E-state index in [1.807, 2.05) is 7.05 Å². The smallest absolute Gasteiger partial charge is 0.228 e. The van der Waals surface area contributed by atoms with Gasteiger partial charge in [0.25, 0.3) is 0 Å². The zero-order valence-corrected chi connectivity index (χ0v) is 22.2. The fourth-order valence-electron chi connectivity index (χ4n) is 6.26. The number of carbonyl (C=O) groups excluding carboxylic acids is 1. The first-order valence-corrected chi connectivity index (χ1v) is 13.3. The third kappa shape index (κ3) is 6.07. The third-order valence-electron chi connectivity index (χ3n) is 8.21. The topological polar surface area (TPSA) is 81.1 Å². The lowest BCUT2D eigenvalue weighted by molar-refractivity contribution is -0.137. The molecule has 1 aromatic heterocycles. The summed E-state index contributed by atoms with van der Waals surface area (Å²) in [4.78, 5) is 17.6. The molecule has 1 saturated heterocycles. The van der Waals surface area contributed by atoms with Crippen LogP contribution in [0.15, 0.2) is 0 Å². The van der Waals surface area contributed by atoms with E-state index in [1.165, 1.54) is 17.0 Å². The van der Waals surface area contributed by atoms with Crippen molar-refractivity contribution in [3.63, 3.8) is 0 Å². The summed E-state index contributed by atoms with van der Waals surface area (Å²) < 4.78 is 18.9. The third-order valence-corrected chi connectivity index (χ3v) is 8.21. The molecule has 1 saturated carbocycles. The Morgan fingerprint density at radius 3 is 2.57 bits per heavy atom. The largest absolute Gasteiger partial charge is 0.384 e. The average Bonchev–Trinajstić information content (AvgIpc) is 3.51. The standard InChI is InChI=1S/C26H45N5O4/c1-27-10-11-29(2)15-22-24(20-5-8-26(9-6-20,18-33-3)19-34-4)23-16-30(12-13-31(23)28-22)25(32)21-7-14-35-17-21/h20-21,27H,5-19H2,1-4H3. The molecule has 2 fully saturated rings. The molecular weight excluding hydrogens is 446 g/mol. The van der Waals surface area contributed by atoms with E-state index in [1.54, 1.807) is 14.2 Å². The number of likely N-dealkylation sites (N-methyl/N-ethyl adjacent to an activating group) is 2. The van der Waals surface area contributed by atoms with Crippen LogP contribution in [-0.4, -0.2) is 99.9 Å². The van der Waals surface area contributed by atoms with E-state index in [0.717, 1.165) is 78.0 Å². The number of rotatable bonds is 11. The van der Waals surface area contributed by atoms with E-state index >= 15 is 0 Å². The molecule has 0 spiro atoms. The van der Waals surface area contributed by atoms with E-state index < -0.39 is 0 Å². The van der Waals surface area contributed by atoms with Gasteiger partial charge in [-0.25, -0.2) is 0 Å². The van der Waals surface area contributed by atoms with Gasteiger partial charge in [0.1, 0.15) is 0 Å². The molecule has 1 N–H and O–H groups in total. The predicted molar refractivity (Wildman–Crippen MR) is 134 cm³/mol. The van der Waals surface area contributed by atoms with Gasteiger partial charge in [-0.15, -0.1) is 0 Å². The summed E-state index contributed by atoms with van der Waals surface area (Å²) in [6.07, 6.45) is 5.21. The van der Waals surface area contributed by atoms with Gasteiger partial charge in [-0.2, -0.15) is 5.10 Å². The van der Waals surface area contributed by atoms with Crippen LogP contribution in [0.25, 0.3) is 0 Å². The van der Waals surface area contributed by atoms with Crippen molar-refractivity contribution in [2.24, 2.45) is 11.3 Å². The van der Waals surface area contributed by atoms with Crippen molar-refractivity contribution in [2.75, 3.05) is 74.4 Å². The number of fused-ring (bicyclic) bond motifs is 1. The SMILES string of the molecule is CNCCN(C)Cc1nn2c(c1C1CCC(COC)(COC)CC1)CN(C(=O)C1CCOC1)CC2. The van der Waals surface area contributed by atoms with Crippen LogP contribution in [0.1, 0.15) is 55.0 Å². The Morgan fingerprint density at radius 1 is 1.20 bits per heavy atom. The van der Waals surface area contributed by atoms with Crippen LogP contribution >= 0.6 is 0 Å². The van der Waals surface area contributed by atoms with Crippen molar-refractivity contribution in [2.45, 2.75) is 57.7 Å². The molecule has 1 aliphatic carbocycles. The van der Waals surface area contributed by atoms with Gasteiger partial charge in [-0.05, 0) is 52.1 Å². The van der Waals surface area contributed by atoms with Crippen molar-refractivity contribution in [1.29, 1.82) is 0 Å². The van der Waals surface area contributed by atoms with Gasteiger partial charge in [0.15, 0.2) is 0 Å². The summed E-state index contributed by atoms with van der Waals surface area (Å²) in [6.45, 7) is 7.66. The summed E-state index contributed by atoms with van der Waals surface area (Å²) in [5.41, 5.74) is 3.93. The summed E-state index contributed by atoms with van der Waals surface area (Å²) in [7, 11) is 7.73. The second-order valence-electron chi connectivity index (χ2n) is 10.8. The minimum Gasteiger partial charge on any atom is -0.384 e. The van der Waals surface area contributed by atoms with Crippen molar-refractivity contribution < 1.29 is 19.0 Å². The number of carbonyl (C=O) groups is 1. The number of amides is 1. The van der Waals surface area contributed by atoms with Crippen LogP contribution in [0.5, 0.6) is 0 Å². The van der Waals surface area contributed by atoms with Crippen LogP contribution < -0.4 is 5.32 Å². The fraction of sp³-hybridized carbons (Fsp3) is 0.846. The first kappa shape index (κ1) is 26.5. The highest BCUT2D eigenvalue weighted by Crippen LogP contribution is 2.45. The summed E-state index contributed by atoms with van der Waals surface area (Å²) in [5, 5.41) is 8.36. The molecule has 3 heterocycles. The normalized spacial score (nSPS) is 22.7. The molecule has 0 aromatic carbocycles. The molecule has 9 nitrogen and oxygen atoms in total. The van der Waals surface area contributed by atoms with E-state index in [9.17, 15) is 4.79 Å². The highest BCUT2D eigenvalue weighted by Gasteiger charge is 2.39. The monoisotopic (exact) mass is 491 g/mol. The molecule has 35 heavy (non-hydrogen) atoms. The number of hydrogen-bond acceptors (Lipinski definition) is 7. The molecule has 1 unspecified atom stereocenters. The molecule has 1 amide bonds. The van der Waals surface area contributed by atoms with E-state index in [0.29, 0.717) is 25.7 Å². The summed E-state index contributed by atoms with van der Waals surface area (Å²) >= 11 is 0. The molecule has 4 rings (SSSR count). The lowest BCUT2D eigenvalue weighted by atomic mass is 9.69. The zero-order chi connectivity index (χ0) is 24.8. The molecule has 2 aliphatic heterocycles. The highest BCUT2D eigenvalue weighted by atomic mass is 16.5. The number of nitrogens with zero attached hydrogens (tertiary/aromatic N) is 4. The number of nitrogens with one attached hydrogen (secondary N) is 1. The second kappa shape index (κ2) is 12.1. The minimum absolute atomic E-state index is 0.0125. The summed E-state index contributed by atoms with van der Waals surface area (Å²) in [6, 6.07) is 0. The van der Waals surface area contributed by atoms with Crippen LogP contribution in [0.3, 0.4) is 0 Å². The highest BCUT2D eigenvalue weighted by molar-refractivity contribution is 5.79. The van der Waals surface area contributed by atoms with Crippen LogP contribution in [-0.2, 0) is 38.6 Å². The Morgan fingerprint density at radius 2 is 1.94 bits per heavy atom. The minimum atomic E-state index is 0.0125. The molecule has 0 bridgehead atoms. The number of ether oxygens (including phenoxy) is 3. The maximum Gasteiger partial charge on any atom is 0.228 e. The van der Waals surface area contributed by atoms with Gasteiger partial charge in [-0.1, -0.05) is 0 Å². The Kier molecular flexibility index (Phi) is 9.21. The molecule has 198 valence electrons. The first-order valence-electron chi connectivity index (χ1n) is 13.3. The van der Waals surface area contributed by atoms with Crippen molar-refractivity contribution in [3.8, 4) is 0 Å². The number of aromatic nitrogens is 2. The lowest BCUT2D eigenvalue weighted by Gasteiger charge is -2.40. The number of methoxy groups -OCH3 is 2. The van der Waals surface area contributed by atoms with E-state index in [-0.39, 0.29) is 17.2 Å². The Balaban J connectivity index is 1.57. The fourth-order valence-corrected chi connectivity index (χ4v) is 6.26. The maximum atomic E-state index is 13.2. The molecule has 0 radical (unpaired) electrons. The van der Waals surface area contributed by atoms with Gasteiger partial charge < -0.3 is 24.4 Å². The molecular formula is C26H45N5O4. The number of hydrogen-bond donors (Lipinski definition) is 1. The second-order valence-corrected chi connectivity index (χ2v) is 10.8. The van der Waals surface area contributed by atoms with E-state index in [2.05, 4.69) is 26.8 Å². The van der Waals surface area contributed by atoms with Crippen molar-refractivity contribution >= 4 is 5.91 Å². The van der Waals surface area contributed by atoms with Crippen LogP contribution in [0.4, 0.5) is 0 Å². The molecule has 9 heteroatoms. The molecule has 3 aliphatic rings. The van der Waals surface area contributed by atoms with Gasteiger partial charge in [0.2, 0.25) is 5.91 Å². The van der Waals surface area contributed by atoms with Gasteiger partial charge in [0, 0.05) is 58.0 Å². The maximum absolute atomic E-state index is 13.2. The van der Waals surface area contributed by atoms with Gasteiger partial charge in [-0.3, -0.25) is 14.4 Å². The van der Waals surface area contributed by atoms with E-state index in [4.69, 9.17) is 19.3 Å². The van der Waals surface area contributed by atoms with Crippen LogP contribution in [0, 0.1) is 11.3 Å². The Hall–Kier alpha value is -1.52. The Bertz CT molecular complexity index is 822. The van der Waals surface area contributed by atoms with Crippen molar-refractivity contribution in [1.82, 2.24) is 24.9 Å². The molecule has 1 atom stereocenters. The predicted octanol–water partition coefficient (Wildman–Crippen LogP) is 1.85. The van der Waals surface area contributed by atoms with Gasteiger partial charge in [0.05, 0.1) is 50.2 Å². The lowest BCUT2D eigenvalue weighted by Crippen LogP contribution is -2.42. The Labute approximate surface area is 210 Å². The van der Waals surface area contributed by atoms with Crippen molar-refractivity contribution in [3.05, 3.63) is 17.0 Å². The first-order chi connectivity index (χ1) is 17.0. The summed E-state index contributed by atoms with van der Waals surface area (Å²) in [5.74, 6) is 0.716.